The monoisotopic (exact) mass is 320 g/mol. The predicted octanol–water partition coefficient (Wildman–Crippen LogP) is 3.23. The third kappa shape index (κ3) is 4.37. The second-order valence-corrected chi connectivity index (χ2v) is 6.58. The van der Waals surface area contributed by atoms with E-state index in [1.54, 1.807) is 49.9 Å². The third-order valence-electron chi connectivity index (χ3n) is 4.51. The minimum atomic E-state index is -1.39. The zero-order valence-corrected chi connectivity index (χ0v) is 13.5. The molecule has 0 aliphatic heterocycles. The molecule has 2 amide bonds. The van der Waals surface area contributed by atoms with E-state index in [1.807, 2.05) is 0 Å². The van der Waals surface area contributed by atoms with Crippen LogP contribution in [0.2, 0.25) is 0 Å². The Bertz CT molecular complexity index is 568. The Morgan fingerprint density at radius 2 is 1.70 bits per heavy atom. The van der Waals surface area contributed by atoms with E-state index in [4.69, 9.17) is 15.6 Å². The van der Waals surface area contributed by atoms with Gasteiger partial charge in [-0.25, -0.2) is 9.59 Å². The summed E-state index contributed by atoms with van der Waals surface area (Å²) in [6.07, 6.45) is 6.24. The maximum Gasteiger partial charge on any atom is 0.347 e. The van der Waals surface area contributed by atoms with Crippen LogP contribution in [0.5, 0.6) is 5.75 Å². The molecule has 2 saturated carbocycles. The normalized spacial score (nSPS) is 21.5. The lowest BCUT2D eigenvalue weighted by molar-refractivity contribution is -0.152. The van der Waals surface area contributed by atoms with Crippen LogP contribution in [0, 0.1) is 11.8 Å². The average molecular weight is 320 g/mol. The lowest BCUT2D eigenvalue weighted by atomic mass is 9.60. The maximum atomic E-state index is 10.9. The second-order valence-electron chi connectivity index (χ2n) is 6.58. The lowest BCUT2D eigenvalue weighted by Gasteiger charge is -2.46. The van der Waals surface area contributed by atoms with E-state index in [0.717, 1.165) is 0 Å². The van der Waals surface area contributed by atoms with E-state index in [9.17, 15) is 9.59 Å². The Labute approximate surface area is 136 Å². The number of hydrogen-bond acceptors (Lipinski definition) is 3. The number of ether oxygens (including phenoxy) is 1. The third-order valence-corrected chi connectivity index (χ3v) is 4.51. The molecule has 0 aromatic heterocycles. The van der Waals surface area contributed by atoms with Crippen molar-refractivity contribution in [1.82, 2.24) is 0 Å². The van der Waals surface area contributed by atoms with Gasteiger partial charge < -0.3 is 20.9 Å². The summed E-state index contributed by atoms with van der Waals surface area (Å²) in [7, 11) is 0. The molecule has 0 atom stereocenters. The molecule has 2 aliphatic rings. The van der Waals surface area contributed by atoms with Gasteiger partial charge in [-0.05, 0) is 63.5 Å². The van der Waals surface area contributed by atoms with Crippen molar-refractivity contribution in [2.45, 2.75) is 45.1 Å². The first-order valence-electron chi connectivity index (χ1n) is 7.87. The van der Waals surface area contributed by atoms with Gasteiger partial charge in [-0.1, -0.05) is 12.1 Å². The Morgan fingerprint density at radius 1 is 1.17 bits per heavy atom. The zero-order valence-electron chi connectivity index (χ0n) is 13.5. The molecule has 2 fully saturated rings. The molecule has 6 heteroatoms. The van der Waals surface area contributed by atoms with Gasteiger partial charge in [-0.3, -0.25) is 0 Å². The number of carbonyl (C=O) groups is 2. The van der Waals surface area contributed by atoms with E-state index in [0.29, 0.717) is 5.69 Å². The highest BCUT2D eigenvalue weighted by atomic mass is 16.5. The molecule has 1 aromatic rings. The van der Waals surface area contributed by atoms with Gasteiger partial charge in [-0.15, -0.1) is 0 Å². The Balaban J connectivity index is 0.000000260. The maximum absolute atomic E-state index is 10.9. The van der Waals surface area contributed by atoms with Crippen LogP contribution in [0.25, 0.3) is 0 Å². The van der Waals surface area contributed by atoms with E-state index in [1.165, 1.54) is 25.7 Å². The number of primary amides is 1. The van der Waals surface area contributed by atoms with Crippen molar-refractivity contribution in [2.75, 3.05) is 5.32 Å². The number of urea groups is 1. The highest BCUT2D eigenvalue weighted by molar-refractivity contribution is 5.89. The highest BCUT2D eigenvalue weighted by Crippen LogP contribution is 2.49. The van der Waals surface area contributed by atoms with Crippen LogP contribution >= 0.6 is 0 Å². The van der Waals surface area contributed by atoms with Gasteiger partial charge in [0, 0.05) is 0 Å². The number of aliphatic carboxylic acids is 1. The van der Waals surface area contributed by atoms with Gasteiger partial charge in [0.2, 0.25) is 0 Å². The first kappa shape index (κ1) is 17.1. The van der Waals surface area contributed by atoms with Crippen molar-refractivity contribution in [1.29, 1.82) is 0 Å². The SMILES string of the molecule is C1CC2CCC12.CC(C)(Oc1ccccc1NC(N)=O)C(=O)O. The van der Waals surface area contributed by atoms with Crippen molar-refractivity contribution in [3.8, 4) is 5.75 Å². The summed E-state index contributed by atoms with van der Waals surface area (Å²) >= 11 is 0. The molecule has 6 nitrogen and oxygen atoms in total. The fourth-order valence-electron chi connectivity index (χ4n) is 2.68. The van der Waals surface area contributed by atoms with Gasteiger partial charge in [0.1, 0.15) is 5.75 Å². The molecule has 0 bridgehead atoms. The van der Waals surface area contributed by atoms with Gasteiger partial charge in [0.15, 0.2) is 5.60 Å². The Morgan fingerprint density at radius 3 is 2.09 bits per heavy atom. The minimum Gasteiger partial charge on any atom is -0.478 e. The van der Waals surface area contributed by atoms with Crippen LogP contribution in [0.3, 0.4) is 0 Å². The molecule has 1 aromatic carbocycles. The quantitative estimate of drug-likeness (QED) is 0.792. The van der Waals surface area contributed by atoms with E-state index >= 15 is 0 Å². The number of hydrogen-bond donors (Lipinski definition) is 3. The largest absolute Gasteiger partial charge is 0.478 e. The summed E-state index contributed by atoms with van der Waals surface area (Å²) in [6.45, 7) is 2.83. The standard InChI is InChI=1S/C11H14N2O4.C6H10/c1-11(2,9(14)15)17-8-6-4-3-5-7(8)13-10(12)16;1-2-6-4-3-5(1)6/h3-6H,1-2H3,(H,14,15)(H3,12,13,16);5-6H,1-4H2. The molecule has 0 radical (unpaired) electrons. The molecule has 126 valence electrons. The van der Waals surface area contributed by atoms with Crippen LogP contribution < -0.4 is 15.8 Å². The van der Waals surface area contributed by atoms with E-state index in [-0.39, 0.29) is 5.75 Å². The summed E-state index contributed by atoms with van der Waals surface area (Å²) in [4.78, 5) is 21.7. The Hall–Kier alpha value is -2.24. The molecule has 0 unspecified atom stereocenters. The number of anilines is 1. The van der Waals surface area contributed by atoms with Gasteiger partial charge in [0.25, 0.3) is 0 Å². The summed E-state index contributed by atoms with van der Waals surface area (Å²) in [5, 5.41) is 11.3. The Kier molecular flexibility index (Phi) is 5.13. The first-order valence-corrected chi connectivity index (χ1v) is 7.87. The fraction of sp³-hybridized carbons (Fsp3) is 0.529. The second kappa shape index (κ2) is 6.89. The molecule has 2 aliphatic carbocycles. The molecule has 0 spiro atoms. The van der Waals surface area contributed by atoms with Crippen LogP contribution in [0.15, 0.2) is 24.3 Å². The number of carbonyl (C=O) groups excluding carboxylic acids is 1. The zero-order chi connectivity index (χ0) is 17.0. The molecule has 0 heterocycles. The van der Waals surface area contributed by atoms with Gasteiger partial charge in [0.05, 0.1) is 5.69 Å². The minimum absolute atomic E-state index is 0.249. The van der Waals surface area contributed by atoms with E-state index in [2.05, 4.69) is 5.32 Å². The summed E-state index contributed by atoms with van der Waals surface area (Å²) in [6, 6.07) is 5.72. The van der Waals surface area contributed by atoms with Crippen molar-refractivity contribution >= 4 is 17.7 Å². The topological polar surface area (TPSA) is 102 Å². The smallest absolute Gasteiger partial charge is 0.347 e. The number of rotatable bonds is 4. The van der Waals surface area contributed by atoms with Crippen molar-refractivity contribution in [3.05, 3.63) is 24.3 Å². The fourth-order valence-corrected chi connectivity index (χ4v) is 2.68. The number of nitrogens with one attached hydrogen (secondary N) is 1. The van der Waals surface area contributed by atoms with Crippen LogP contribution in [-0.4, -0.2) is 22.7 Å². The molecule has 3 rings (SSSR count). The van der Waals surface area contributed by atoms with Crippen molar-refractivity contribution < 1.29 is 19.4 Å². The number of benzene rings is 1. The molecule has 23 heavy (non-hydrogen) atoms. The van der Waals surface area contributed by atoms with Gasteiger partial charge >= 0.3 is 12.0 Å². The van der Waals surface area contributed by atoms with Gasteiger partial charge in [-0.2, -0.15) is 0 Å². The number of carboxylic acid groups (broad SMARTS) is 1. The first-order chi connectivity index (χ1) is 10.8. The summed E-state index contributed by atoms with van der Waals surface area (Å²) in [5.74, 6) is 1.57. The van der Waals surface area contributed by atoms with Crippen molar-refractivity contribution in [3.63, 3.8) is 0 Å². The van der Waals surface area contributed by atoms with Crippen LogP contribution in [0.4, 0.5) is 10.5 Å². The summed E-state index contributed by atoms with van der Waals surface area (Å²) < 4.78 is 5.33. The predicted molar refractivity (Wildman–Crippen MR) is 87.4 cm³/mol. The van der Waals surface area contributed by atoms with Crippen molar-refractivity contribution in [2.24, 2.45) is 17.6 Å². The average Bonchev–Trinajstić information content (AvgIpc) is 2.44. The number of nitrogens with two attached hydrogens (primary N) is 1. The molecular weight excluding hydrogens is 296 g/mol. The number of carboxylic acids is 1. The number of fused-ring (bicyclic) bond motifs is 1. The van der Waals surface area contributed by atoms with E-state index < -0.39 is 17.6 Å². The molecule has 4 N–H and O–H groups in total. The number of para-hydroxylation sites is 2. The molecular formula is C17H24N2O4. The number of amides is 2. The highest BCUT2D eigenvalue weighted by Gasteiger charge is 2.37. The lowest BCUT2D eigenvalue weighted by Crippen LogP contribution is -2.38. The van der Waals surface area contributed by atoms with Crippen LogP contribution in [-0.2, 0) is 4.79 Å². The van der Waals surface area contributed by atoms with Crippen LogP contribution in [0.1, 0.15) is 39.5 Å². The summed E-state index contributed by atoms with van der Waals surface area (Å²) in [5.41, 5.74) is 3.93. The molecule has 0 saturated heterocycles.